The summed E-state index contributed by atoms with van der Waals surface area (Å²) in [4.78, 5) is 28.5. The lowest BCUT2D eigenvalue weighted by atomic mass is 9.90. The Morgan fingerprint density at radius 2 is 1.77 bits per heavy atom. The maximum atomic E-state index is 13.2. The molecule has 6 heteroatoms. The Labute approximate surface area is 152 Å². The molecular weight excluding hydrogens is 332 g/mol. The molecule has 6 nitrogen and oxygen atoms in total. The predicted octanol–water partition coefficient (Wildman–Crippen LogP) is 1.84. The lowest BCUT2D eigenvalue weighted by molar-refractivity contribution is -0.135. The number of Topliss-reactive ketones (excluding diaryl/α,β-unsaturated/α-hetero) is 1. The highest BCUT2D eigenvalue weighted by Crippen LogP contribution is 2.41. The van der Waals surface area contributed by atoms with Gasteiger partial charge in [-0.05, 0) is 20.0 Å². The molecule has 1 aliphatic heterocycles. The molecule has 1 amide bonds. The average molecular weight is 354 g/mol. The molecule has 26 heavy (non-hydrogen) atoms. The Bertz CT molecular complexity index is 824. The minimum atomic E-state index is -1.20. The molecule has 3 rings (SSSR count). The van der Waals surface area contributed by atoms with Crippen LogP contribution in [0.2, 0.25) is 0 Å². The molecule has 0 aromatic heterocycles. The number of methoxy groups -OCH3 is 1. The van der Waals surface area contributed by atoms with Gasteiger partial charge in [0.25, 0.3) is 5.91 Å². The second kappa shape index (κ2) is 6.90. The van der Waals surface area contributed by atoms with E-state index in [1.165, 1.54) is 12.0 Å². The largest absolute Gasteiger partial charge is 0.496 e. The lowest BCUT2D eigenvalue weighted by Crippen LogP contribution is -2.43. The van der Waals surface area contributed by atoms with Crippen LogP contribution in [0.25, 0.3) is 0 Å². The number of nitrogens with zero attached hydrogens (tertiary/aromatic N) is 2. The summed E-state index contributed by atoms with van der Waals surface area (Å²) in [5.41, 5.74) is 0.00737. The molecule has 0 aliphatic carbocycles. The third-order valence-electron chi connectivity index (χ3n) is 5.05. The van der Waals surface area contributed by atoms with E-state index in [0.29, 0.717) is 16.9 Å². The zero-order chi connectivity index (χ0) is 18.9. The Balaban J connectivity index is 1.94. The Kier molecular flexibility index (Phi) is 4.80. The summed E-state index contributed by atoms with van der Waals surface area (Å²) in [6.45, 7) is 1.53. The van der Waals surface area contributed by atoms with Gasteiger partial charge in [0.05, 0.1) is 13.7 Å². The van der Waals surface area contributed by atoms with Crippen LogP contribution < -0.4 is 4.74 Å². The summed E-state index contributed by atoms with van der Waals surface area (Å²) in [6, 6.07) is 15.9. The van der Waals surface area contributed by atoms with Crippen molar-refractivity contribution in [1.29, 1.82) is 0 Å². The standard InChI is InChI=1S/C20H22N2O4/c1-20(15-11-7-8-12-17(15)26-3)18(24)22(19(25)21(20)2)13-16(23)14-9-5-4-6-10-14/h4-12,19,25H,13H2,1-3H3. The van der Waals surface area contributed by atoms with Crippen LogP contribution in [0.4, 0.5) is 0 Å². The lowest BCUT2D eigenvalue weighted by Gasteiger charge is -2.31. The van der Waals surface area contributed by atoms with Crippen LogP contribution in [0.15, 0.2) is 54.6 Å². The van der Waals surface area contributed by atoms with E-state index in [-0.39, 0.29) is 18.2 Å². The van der Waals surface area contributed by atoms with Crippen LogP contribution in [0.1, 0.15) is 22.8 Å². The van der Waals surface area contributed by atoms with Crippen LogP contribution in [-0.4, -0.2) is 53.7 Å². The zero-order valence-electron chi connectivity index (χ0n) is 15.0. The molecule has 0 saturated carbocycles. The smallest absolute Gasteiger partial charge is 0.251 e. The second-order valence-corrected chi connectivity index (χ2v) is 6.45. The number of para-hydroxylation sites is 1. The molecule has 1 fully saturated rings. The van der Waals surface area contributed by atoms with Crippen molar-refractivity contribution in [3.8, 4) is 5.75 Å². The van der Waals surface area contributed by atoms with Crippen molar-refractivity contribution in [2.75, 3.05) is 20.7 Å². The van der Waals surface area contributed by atoms with Crippen LogP contribution in [-0.2, 0) is 10.3 Å². The summed E-state index contributed by atoms with van der Waals surface area (Å²) in [7, 11) is 3.19. The molecule has 2 atom stereocenters. The van der Waals surface area contributed by atoms with E-state index in [0.717, 1.165) is 0 Å². The molecule has 0 spiro atoms. The summed E-state index contributed by atoms with van der Waals surface area (Å²) in [6.07, 6.45) is -1.20. The van der Waals surface area contributed by atoms with Crippen molar-refractivity contribution in [3.63, 3.8) is 0 Å². The number of aliphatic hydroxyl groups is 1. The van der Waals surface area contributed by atoms with Gasteiger partial charge < -0.3 is 9.84 Å². The van der Waals surface area contributed by atoms with E-state index in [2.05, 4.69) is 0 Å². The predicted molar refractivity (Wildman–Crippen MR) is 96.6 cm³/mol. The molecule has 2 aromatic rings. The van der Waals surface area contributed by atoms with E-state index >= 15 is 0 Å². The summed E-state index contributed by atoms with van der Waals surface area (Å²) in [5.74, 6) is -0.0180. The van der Waals surface area contributed by atoms with Gasteiger partial charge in [0.1, 0.15) is 11.3 Å². The molecule has 2 aromatic carbocycles. The van der Waals surface area contributed by atoms with Gasteiger partial charge >= 0.3 is 0 Å². The third kappa shape index (κ3) is 2.77. The highest BCUT2D eigenvalue weighted by molar-refractivity contribution is 6.01. The first-order valence-electron chi connectivity index (χ1n) is 8.35. The Hall–Kier alpha value is -2.70. The number of likely N-dealkylation sites (N-methyl/N-ethyl adjacent to an activating group) is 1. The monoisotopic (exact) mass is 354 g/mol. The zero-order valence-corrected chi connectivity index (χ0v) is 15.0. The topological polar surface area (TPSA) is 70.1 Å². The van der Waals surface area contributed by atoms with Crippen LogP contribution in [0.5, 0.6) is 5.75 Å². The molecule has 0 radical (unpaired) electrons. The van der Waals surface area contributed by atoms with Gasteiger partial charge in [-0.1, -0.05) is 48.5 Å². The van der Waals surface area contributed by atoms with Crippen molar-refractivity contribution in [1.82, 2.24) is 9.80 Å². The summed E-state index contributed by atoms with van der Waals surface area (Å²) < 4.78 is 5.39. The maximum absolute atomic E-state index is 13.2. The number of ether oxygens (including phenoxy) is 1. The van der Waals surface area contributed by atoms with E-state index in [9.17, 15) is 14.7 Å². The molecule has 136 valence electrons. The van der Waals surface area contributed by atoms with Crippen molar-refractivity contribution < 1.29 is 19.4 Å². The quantitative estimate of drug-likeness (QED) is 0.830. The second-order valence-electron chi connectivity index (χ2n) is 6.45. The number of benzene rings is 2. The van der Waals surface area contributed by atoms with Crippen LogP contribution >= 0.6 is 0 Å². The molecule has 1 saturated heterocycles. The average Bonchev–Trinajstić information content (AvgIpc) is 2.84. The SMILES string of the molecule is COc1ccccc1C1(C)C(=O)N(CC(=O)c2ccccc2)C(O)N1C. The van der Waals surface area contributed by atoms with Gasteiger partial charge in [-0.2, -0.15) is 0 Å². The Morgan fingerprint density at radius 3 is 2.42 bits per heavy atom. The van der Waals surface area contributed by atoms with E-state index in [4.69, 9.17) is 4.74 Å². The first-order valence-corrected chi connectivity index (χ1v) is 8.35. The number of ketones is 1. The first kappa shape index (κ1) is 18.1. The first-order chi connectivity index (χ1) is 12.4. The van der Waals surface area contributed by atoms with Gasteiger partial charge in [0.15, 0.2) is 12.1 Å². The third-order valence-corrected chi connectivity index (χ3v) is 5.05. The van der Waals surface area contributed by atoms with Gasteiger partial charge in [-0.25, -0.2) is 4.90 Å². The molecular formula is C20H22N2O4. The van der Waals surface area contributed by atoms with Gasteiger partial charge in [-0.15, -0.1) is 0 Å². The molecule has 1 heterocycles. The number of carbonyl (C=O) groups excluding carboxylic acids is 2. The number of carbonyl (C=O) groups is 2. The van der Waals surface area contributed by atoms with Gasteiger partial charge in [0, 0.05) is 11.1 Å². The van der Waals surface area contributed by atoms with Crippen molar-refractivity contribution >= 4 is 11.7 Å². The van der Waals surface area contributed by atoms with E-state index in [1.54, 1.807) is 55.3 Å². The normalized spacial score (nSPS) is 23.3. The fraction of sp³-hybridized carbons (Fsp3) is 0.300. The molecule has 1 N–H and O–H groups in total. The van der Waals surface area contributed by atoms with Crippen LogP contribution in [0.3, 0.4) is 0 Å². The number of hydrogen-bond acceptors (Lipinski definition) is 5. The number of rotatable bonds is 5. The molecule has 0 bridgehead atoms. The summed E-state index contributed by atoms with van der Waals surface area (Å²) in [5, 5.41) is 10.6. The molecule has 2 unspecified atom stereocenters. The minimum Gasteiger partial charge on any atom is -0.496 e. The minimum absolute atomic E-state index is 0.195. The maximum Gasteiger partial charge on any atom is 0.251 e. The van der Waals surface area contributed by atoms with E-state index < -0.39 is 11.9 Å². The number of amides is 1. The van der Waals surface area contributed by atoms with E-state index in [1.807, 2.05) is 18.2 Å². The molecule has 1 aliphatic rings. The number of aliphatic hydroxyl groups excluding tert-OH is 1. The van der Waals surface area contributed by atoms with Crippen molar-refractivity contribution in [3.05, 3.63) is 65.7 Å². The number of hydrogen-bond donors (Lipinski definition) is 1. The van der Waals surface area contributed by atoms with Crippen LogP contribution in [0, 0.1) is 0 Å². The van der Waals surface area contributed by atoms with Gasteiger partial charge in [0.2, 0.25) is 0 Å². The summed E-state index contributed by atoms with van der Waals surface area (Å²) >= 11 is 0. The fourth-order valence-corrected chi connectivity index (χ4v) is 3.35. The van der Waals surface area contributed by atoms with Gasteiger partial charge in [-0.3, -0.25) is 14.5 Å². The van der Waals surface area contributed by atoms with Crippen molar-refractivity contribution in [2.45, 2.75) is 18.8 Å². The van der Waals surface area contributed by atoms with Crippen molar-refractivity contribution in [2.24, 2.45) is 0 Å². The fourth-order valence-electron chi connectivity index (χ4n) is 3.35. The Morgan fingerprint density at radius 1 is 1.15 bits per heavy atom. The highest BCUT2D eigenvalue weighted by atomic mass is 16.5. The highest BCUT2D eigenvalue weighted by Gasteiger charge is 2.54.